The van der Waals surface area contributed by atoms with E-state index >= 15 is 0 Å². The minimum absolute atomic E-state index is 0.00603. The summed E-state index contributed by atoms with van der Waals surface area (Å²) in [7, 11) is -2.28. The highest BCUT2D eigenvalue weighted by molar-refractivity contribution is 7.85. The van der Waals surface area contributed by atoms with E-state index in [0.717, 1.165) is 6.07 Å². The number of imidazole rings is 1. The molecule has 2 aromatic carbocycles. The van der Waals surface area contributed by atoms with Crippen LogP contribution in [0.25, 0.3) is 33.8 Å². The van der Waals surface area contributed by atoms with E-state index in [1.807, 2.05) is 26.8 Å². The molecule has 0 saturated heterocycles. The van der Waals surface area contributed by atoms with Crippen molar-refractivity contribution < 1.29 is 26.1 Å². The van der Waals surface area contributed by atoms with Gasteiger partial charge in [0, 0.05) is 18.0 Å². The summed E-state index contributed by atoms with van der Waals surface area (Å²) in [6, 6.07) is 15.9. The van der Waals surface area contributed by atoms with Crippen molar-refractivity contribution >= 4 is 32.8 Å². The molecule has 0 aliphatic carbocycles. The predicted octanol–water partition coefficient (Wildman–Crippen LogP) is 6.80. The minimum atomic E-state index is -4.57. The number of nitrogens with one attached hydrogen (secondary N) is 1. The molecule has 0 amide bonds. The quantitative estimate of drug-likeness (QED) is 0.213. The average Bonchev–Trinajstić information content (AvgIpc) is 3.47. The van der Waals surface area contributed by atoms with Gasteiger partial charge in [0.15, 0.2) is 11.5 Å². The van der Waals surface area contributed by atoms with E-state index in [1.54, 1.807) is 29.9 Å². The number of halogens is 4. The molecule has 218 valence electrons. The highest BCUT2D eigenvalue weighted by Gasteiger charge is 2.34. The zero-order valence-electron chi connectivity index (χ0n) is 22.7. The highest BCUT2D eigenvalue weighted by atomic mass is 35.5. The van der Waals surface area contributed by atoms with E-state index in [9.17, 15) is 26.9 Å². The van der Waals surface area contributed by atoms with Gasteiger partial charge in [-0.25, -0.2) is 9.97 Å². The van der Waals surface area contributed by atoms with Crippen LogP contribution in [0.3, 0.4) is 0 Å². The first kappa shape index (κ1) is 30.7. The van der Waals surface area contributed by atoms with Crippen molar-refractivity contribution in [1.29, 1.82) is 5.26 Å². The van der Waals surface area contributed by atoms with Crippen molar-refractivity contribution in [2.75, 3.05) is 0 Å². The summed E-state index contributed by atoms with van der Waals surface area (Å²) >= 11 is 6.60. The Hall–Kier alpha value is -4.25. The minimum Gasteiger partial charge on any atom is -0.334 e. The van der Waals surface area contributed by atoms with E-state index in [2.05, 4.69) is 20.1 Å². The van der Waals surface area contributed by atoms with Crippen molar-refractivity contribution in [2.24, 2.45) is 7.05 Å². The molecule has 3 aromatic heterocycles. The molecule has 0 aliphatic heterocycles. The maximum atomic E-state index is 13.5. The molecule has 5 rings (SSSR count). The number of nitriles is 1. The van der Waals surface area contributed by atoms with Crippen molar-refractivity contribution in [1.82, 2.24) is 24.7 Å². The van der Waals surface area contributed by atoms with E-state index in [-0.39, 0.29) is 27.3 Å². The largest absolute Gasteiger partial charge is 0.417 e. The van der Waals surface area contributed by atoms with E-state index in [0.29, 0.717) is 33.3 Å². The van der Waals surface area contributed by atoms with Crippen LogP contribution in [-0.4, -0.2) is 37.7 Å². The topological polar surface area (TPSA) is 138 Å². The average molecular weight is 617 g/mol. The smallest absolute Gasteiger partial charge is 0.334 e. The second-order valence-electron chi connectivity index (χ2n) is 10.2. The van der Waals surface area contributed by atoms with Gasteiger partial charge in [-0.3, -0.25) is 9.23 Å². The zero-order valence-corrected chi connectivity index (χ0v) is 24.3. The van der Waals surface area contributed by atoms with Crippen LogP contribution in [0, 0.1) is 11.3 Å². The number of hydrogen-bond acceptors (Lipinski definition) is 6. The number of rotatable bonds is 3. The summed E-state index contributed by atoms with van der Waals surface area (Å²) in [6.07, 6.45) is -4.57. The third-order valence-electron chi connectivity index (χ3n) is 6.05. The number of benzene rings is 2. The lowest BCUT2D eigenvalue weighted by Crippen LogP contribution is -2.12. The number of hydrogen-bond donors (Lipinski definition) is 2. The summed E-state index contributed by atoms with van der Waals surface area (Å²) in [5.41, 5.74) is 0.456. The molecule has 9 nitrogen and oxygen atoms in total. The molecular weight excluding hydrogens is 593 g/mol. The van der Waals surface area contributed by atoms with E-state index in [4.69, 9.17) is 16.2 Å². The van der Waals surface area contributed by atoms with Crippen LogP contribution >= 0.6 is 11.6 Å². The molecule has 0 saturated carbocycles. The van der Waals surface area contributed by atoms with Gasteiger partial charge in [-0.2, -0.15) is 31.9 Å². The van der Waals surface area contributed by atoms with Gasteiger partial charge >= 0.3 is 6.18 Å². The number of H-pyrrole nitrogens is 1. The first-order valence-electron chi connectivity index (χ1n) is 12.3. The maximum Gasteiger partial charge on any atom is 0.417 e. The van der Waals surface area contributed by atoms with Gasteiger partial charge in [-0.05, 0) is 24.3 Å². The molecule has 42 heavy (non-hydrogen) atoms. The Morgan fingerprint density at radius 1 is 1.02 bits per heavy atom. The fourth-order valence-corrected chi connectivity index (χ4v) is 5.16. The van der Waals surface area contributed by atoms with E-state index < -0.39 is 21.9 Å². The Labute approximate surface area is 244 Å². The monoisotopic (exact) mass is 616 g/mol. The fraction of sp³-hybridized carbons (Fsp3) is 0.214. The Bertz CT molecular complexity index is 1920. The Morgan fingerprint density at radius 2 is 1.64 bits per heavy atom. The predicted molar refractivity (Wildman–Crippen MR) is 151 cm³/mol. The molecule has 3 heterocycles. The van der Waals surface area contributed by atoms with Crippen molar-refractivity contribution in [3.8, 4) is 28.8 Å². The molecule has 14 heteroatoms. The van der Waals surface area contributed by atoms with Gasteiger partial charge in [0.2, 0.25) is 0 Å². The lowest BCUT2D eigenvalue weighted by molar-refractivity contribution is -0.137. The summed E-state index contributed by atoms with van der Waals surface area (Å²) in [4.78, 5) is 11.6. The molecule has 0 atom stereocenters. The van der Waals surface area contributed by atoms with Crippen LogP contribution in [0.4, 0.5) is 13.2 Å². The Kier molecular flexibility index (Phi) is 8.19. The molecule has 0 spiro atoms. The summed E-state index contributed by atoms with van der Waals surface area (Å²) < 4.78 is 71.3. The van der Waals surface area contributed by atoms with Crippen LogP contribution in [0.1, 0.15) is 37.7 Å². The first-order chi connectivity index (χ1) is 19.5. The number of aromatic nitrogens is 5. The second kappa shape index (κ2) is 11.2. The number of aryl methyl sites for hydroxylation is 1. The molecule has 0 radical (unpaired) electrons. The van der Waals surface area contributed by atoms with Crippen LogP contribution in [-0.2, 0) is 28.8 Å². The summed E-state index contributed by atoms with van der Waals surface area (Å²) in [5.74, 6) is 0.343. The standard InChI is InChI=1S/C22H18ClF3N6.C6H6O3S/c1-21(2,3)19-16(23)18(32(4)31-19)20-29-14-9-13(28-15(10-27)17(14)30-20)11-7-5-6-8-12(11)22(24,25)26;7-10(8,9)6-4-2-1-3-5-6/h5-9H,1-4H3,(H,29,30);1-5H,(H,7,8,9). The first-order valence-corrected chi connectivity index (χ1v) is 14.1. The van der Waals surface area contributed by atoms with Crippen molar-refractivity contribution in [3.63, 3.8) is 0 Å². The van der Waals surface area contributed by atoms with Crippen LogP contribution < -0.4 is 0 Å². The Morgan fingerprint density at radius 3 is 2.17 bits per heavy atom. The third-order valence-corrected chi connectivity index (χ3v) is 7.28. The summed E-state index contributed by atoms with van der Waals surface area (Å²) in [5, 5.41) is 14.5. The molecular formula is C28H24ClF3N6O3S. The number of pyridine rings is 1. The van der Waals surface area contributed by atoms with Gasteiger partial charge in [0.1, 0.15) is 17.3 Å². The lowest BCUT2D eigenvalue weighted by atomic mass is 9.92. The third kappa shape index (κ3) is 6.30. The van der Waals surface area contributed by atoms with Crippen molar-refractivity contribution in [3.05, 3.63) is 82.6 Å². The zero-order chi connectivity index (χ0) is 31.0. The highest BCUT2D eigenvalue weighted by Crippen LogP contribution is 2.39. The van der Waals surface area contributed by atoms with Gasteiger partial charge in [0.25, 0.3) is 10.1 Å². The molecule has 2 N–H and O–H groups in total. The van der Waals surface area contributed by atoms with Crippen LogP contribution in [0.15, 0.2) is 65.6 Å². The number of aromatic amines is 1. The Balaban J connectivity index is 0.000000343. The van der Waals surface area contributed by atoms with Gasteiger partial charge < -0.3 is 4.98 Å². The molecule has 0 unspecified atom stereocenters. The van der Waals surface area contributed by atoms with Gasteiger partial charge in [-0.15, -0.1) is 0 Å². The molecule has 0 aliphatic rings. The number of fused-ring (bicyclic) bond motifs is 1. The number of nitrogens with zero attached hydrogens (tertiary/aromatic N) is 5. The SMILES string of the molecule is Cn1nc(C(C)(C)C)c(Cl)c1-c1nc2cc(-c3ccccc3C(F)(F)F)nc(C#N)c2[nH]1.O=S(=O)(O)c1ccccc1. The van der Waals surface area contributed by atoms with E-state index in [1.165, 1.54) is 36.4 Å². The van der Waals surface area contributed by atoms with Crippen LogP contribution in [0.5, 0.6) is 0 Å². The van der Waals surface area contributed by atoms with Crippen molar-refractivity contribution in [2.45, 2.75) is 37.3 Å². The second-order valence-corrected chi connectivity index (χ2v) is 12.0. The number of alkyl halides is 3. The fourth-order valence-electron chi connectivity index (χ4n) is 4.12. The molecule has 0 bridgehead atoms. The maximum absolute atomic E-state index is 13.5. The van der Waals surface area contributed by atoms with Gasteiger partial charge in [0.05, 0.1) is 32.4 Å². The van der Waals surface area contributed by atoms with Gasteiger partial charge in [-0.1, -0.05) is 68.8 Å². The molecule has 5 aromatic rings. The van der Waals surface area contributed by atoms with Crippen LogP contribution in [0.2, 0.25) is 5.02 Å². The molecule has 0 fully saturated rings. The summed E-state index contributed by atoms with van der Waals surface area (Å²) in [6.45, 7) is 5.93. The normalized spacial score (nSPS) is 12.1. The lowest BCUT2D eigenvalue weighted by Gasteiger charge is -2.15.